The van der Waals surface area contributed by atoms with Crippen LogP contribution in [0.1, 0.15) is 11.1 Å². The number of carbonyl (C=O) groups excluding carboxylic acids is 2. The van der Waals surface area contributed by atoms with Gasteiger partial charge in [0.2, 0.25) is 0 Å². The van der Waals surface area contributed by atoms with Gasteiger partial charge in [-0.25, -0.2) is 0 Å². The quantitative estimate of drug-likeness (QED) is 0.577. The highest BCUT2D eigenvalue weighted by Gasteiger charge is 2.33. The number of rotatable bonds is 6. The fourth-order valence-electron chi connectivity index (χ4n) is 2.58. The predicted molar refractivity (Wildman–Crippen MR) is 115 cm³/mol. The lowest BCUT2D eigenvalue weighted by molar-refractivity contribution is -0.120. The summed E-state index contributed by atoms with van der Waals surface area (Å²) in [5.74, 6) is 0.0763. The van der Waals surface area contributed by atoms with E-state index in [1.807, 2.05) is 31.2 Å². The third-order valence-electron chi connectivity index (χ3n) is 3.94. The van der Waals surface area contributed by atoms with Crippen molar-refractivity contribution in [1.82, 2.24) is 0 Å². The molecule has 144 valence electrons. The number of benzene rings is 2. The lowest BCUT2D eigenvalue weighted by Crippen LogP contribution is -2.27. The molecule has 0 saturated carbocycles. The summed E-state index contributed by atoms with van der Waals surface area (Å²) in [6, 6.07) is 12.8. The van der Waals surface area contributed by atoms with Gasteiger partial charge in [-0.3, -0.25) is 14.5 Å². The third-order valence-corrected chi connectivity index (χ3v) is 5.24. The zero-order chi connectivity index (χ0) is 20.3. The molecule has 0 atom stereocenters. The summed E-state index contributed by atoms with van der Waals surface area (Å²) < 4.78 is 11.1. The number of hydrogen-bond donors (Lipinski definition) is 1. The van der Waals surface area contributed by atoms with Gasteiger partial charge in [0, 0.05) is 0 Å². The Morgan fingerprint density at radius 2 is 1.93 bits per heavy atom. The Hall–Kier alpha value is -2.84. The molecular formula is C20H18N2O4S2. The molecule has 1 heterocycles. The van der Waals surface area contributed by atoms with E-state index >= 15 is 0 Å². The first-order valence-electron chi connectivity index (χ1n) is 8.33. The van der Waals surface area contributed by atoms with E-state index in [1.165, 1.54) is 23.8 Å². The van der Waals surface area contributed by atoms with Gasteiger partial charge in [0.25, 0.3) is 11.8 Å². The van der Waals surface area contributed by atoms with E-state index < -0.39 is 5.91 Å². The number of primary amides is 1. The Morgan fingerprint density at radius 3 is 2.57 bits per heavy atom. The normalized spacial score (nSPS) is 15.2. The van der Waals surface area contributed by atoms with E-state index in [9.17, 15) is 9.59 Å². The van der Waals surface area contributed by atoms with E-state index in [2.05, 4.69) is 0 Å². The molecule has 6 nitrogen and oxygen atoms in total. The molecule has 2 amide bonds. The fraction of sp³-hybridized carbons (Fsp3) is 0.150. The van der Waals surface area contributed by atoms with Crippen LogP contribution < -0.4 is 20.1 Å². The number of hydrogen-bond acceptors (Lipinski definition) is 6. The average Bonchev–Trinajstić information content (AvgIpc) is 2.94. The molecule has 0 aromatic heterocycles. The Labute approximate surface area is 172 Å². The first-order chi connectivity index (χ1) is 13.4. The van der Waals surface area contributed by atoms with Crippen molar-refractivity contribution in [2.75, 3.05) is 18.6 Å². The number of ether oxygens (including phenoxy) is 2. The molecule has 0 spiro atoms. The van der Waals surface area contributed by atoms with Gasteiger partial charge in [0.05, 0.1) is 17.7 Å². The fourth-order valence-corrected chi connectivity index (χ4v) is 3.88. The summed E-state index contributed by atoms with van der Waals surface area (Å²) in [4.78, 5) is 25.8. The van der Waals surface area contributed by atoms with E-state index in [4.69, 9.17) is 27.4 Å². The highest BCUT2D eigenvalue weighted by atomic mass is 32.2. The molecule has 0 aliphatic carbocycles. The topological polar surface area (TPSA) is 81.9 Å². The number of methoxy groups -OCH3 is 1. The first-order valence-corrected chi connectivity index (χ1v) is 9.55. The Kier molecular flexibility index (Phi) is 6.01. The minimum absolute atomic E-state index is 0.174. The lowest BCUT2D eigenvalue weighted by Gasteiger charge is -2.14. The SMILES string of the molecule is COc1cc(/C=C2\SC(=S)N(c3ccc(C)cc3)C2=O)ccc1OCC(N)=O. The zero-order valence-corrected chi connectivity index (χ0v) is 16.9. The van der Waals surface area contributed by atoms with Crippen LogP contribution in [-0.2, 0) is 9.59 Å². The van der Waals surface area contributed by atoms with Crippen LogP contribution in [0.3, 0.4) is 0 Å². The van der Waals surface area contributed by atoms with E-state index in [0.29, 0.717) is 20.7 Å². The summed E-state index contributed by atoms with van der Waals surface area (Å²) in [6.07, 6.45) is 1.74. The Bertz CT molecular complexity index is 971. The summed E-state index contributed by atoms with van der Waals surface area (Å²) in [6.45, 7) is 1.74. The molecule has 2 aromatic carbocycles. The van der Waals surface area contributed by atoms with E-state index in [0.717, 1.165) is 16.8 Å². The number of thiocarbonyl (C=S) groups is 1. The molecule has 1 aliphatic rings. The maximum absolute atomic E-state index is 12.8. The van der Waals surface area contributed by atoms with Crippen molar-refractivity contribution in [2.24, 2.45) is 5.73 Å². The smallest absolute Gasteiger partial charge is 0.270 e. The maximum atomic E-state index is 12.8. The van der Waals surface area contributed by atoms with Gasteiger partial charge < -0.3 is 15.2 Å². The summed E-state index contributed by atoms with van der Waals surface area (Å²) in [7, 11) is 1.49. The van der Waals surface area contributed by atoms with Crippen LogP contribution in [0.25, 0.3) is 6.08 Å². The van der Waals surface area contributed by atoms with Crippen LogP contribution in [0.4, 0.5) is 5.69 Å². The first kappa shape index (κ1) is 19.9. The third kappa shape index (κ3) is 4.35. The molecule has 8 heteroatoms. The second-order valence-corrected chi connectivity index (χ2v) is 7.69. The van der Waals surface area contributed by atoms with E-state index in [1.54, 1.807) is 24.3 Å². The van der Waals surface area contributed by atoms with E-state index in [-0.39, 0.29) is 12.5 Å². The second kappa shape index (κ2) is 8.45. The molecule has 2 N–H and O–H groups in total. The van der Waals surface area contributed by atoms with Crippen molar-refractivity contribution >= 4 is 51.9 Å². The number of thioether (sulfide) groups is 1. The number of nitrogens with zero attached hydrogens (tertiary/aromatic N) is 1. The summed E-state index contributed by atoms with van der Waals surface area (Å²) >= 11 is 6.64. The number of anilines is 1. The summed E-state index contributed by atoms with van der Waals surface area (Å²) in [5.41, 5.74) is 7.69. The Morgan fingerprint density at radius 1 is 1.21 bits per heavy atom. The van der Waals surface area contributed by atoms with Crippen molar-refractivity contribution in [2.45, 2.75) is 6.92 Å². The summed E-state index contributed by atoms with van der Waals surface area (Å²) in [5, 5.41) is 0. The zero-order valence-electron chi connectivity index (χ0n) is 15.3. The van der Waals surface area contributed by atoms with Crippen LogP contribution in [-0.4, -0.2) is 29.9 Å². The lowest BCUT2D eigenvalue weighted by atomic mass is 10.1. The number of carbonyl (C=O) groups is 2. The Balaban J connectivity index is 1.85. The second-order valence-electron chi connectivity index (χ2n) is 6.02. The van der Waals surface area contributed by atoms with Crippen LogP contribution in [0.2, 0.25) is 0 Å². The van der Waals surface area contributed by atoms with Crippen molar-refractivity contribution in [3.05, 3.63) is 58.5 Å². The number of nitrogens with two attached hydrogens (primary N) is 1. The highest BCUT2D eigenvalue weighted by Crippen LogP contribution is 2.37. The van der Waals surface area contributed by atoms with Crippen molar-refractivity contribution in [3.63, 3.8) is 0 Å². The van der Waals surface area contributed by atoms with Crippen LogP contribution in [0.15, 0.2) is 47.4 Å². The molecule has 28 heavy (non-hydrogen) atoms. The van der Waals surface area contributed by atoms with Gasteiger partial charge in [0.15, 0.2) is 22.4 Å². The van der Waals surface area contributed by atoms with Gasteiger partial charge in [0.1, 0.15) is 0 Å². The monoisotopic (exact) mass is 414 g/mol. The minimum Gasteiger partial charge on any atom is -0.493 e. The molecule has 1 aliphatic heterocycles. The van der Waals surface area contributed by atoms with Crippen molar-refractivity contribution < 1.29 is 19.1 Å². The standard InChI is InChI=1S/C20H18N2O4S2/c1-12-3-6-14(7-4-12)22-19(24)17(28-20(22)27)10-13-5-8-15(16(9-13)25-2)26-11-18(21)23/h3-10H,11H2,1-2H3,(H2,21,23)/b17-10-. The maximum Gasteiger partial charge on any atom is 0.270 e. The van der Waals surface area contributed by atoms with Gasteiger partial charge in [-0.2, -0.15) is 0 Å². The van der Waals surface area contributed by atoms with Crippen molar-refractivity contribution in [3.8, 4) is 11.5 Å². The highest BCUT2D eigenvalue weighted by molar-refractivity contribution is 8.27. The van der Waals surface area contributed by atoms with Gasteiger partial charge in [-0.1, -0.05) is 47.7 Å². The number of amides is 2. The molecule has 3 rings (SSSR count). The van der Waals surface area contributed by atoms with Crippen LogP contribution in [0.5, 0.6) is 11.5 Å². The molecule has 1 fully saturated rings. The van der Waals surface area contributed by atoms with Crippen molar-refractivity contribution in [1.29, 1.82) is 0 Å². The van der Waals surface area contributed by atoms with Crippen LogP contribution >= 0.6 is 24.0 Å². The molecule has 1 saturated heterocycles. The average molecular weight is 415 g/mol. The largest absolute Gasteiger partial charge is 0.493 e. The molecule has 0 bridgehead atoms. The number of aryl methyl sites for hydroxylation is 1. The minimum atomic E-state index is -0.578. The van der Waals surface area contributed by atoms with Gasteiger partial charge in [-0.05, 0) is 42.8 Å². The molecule has 2 aromatic rings. The predicted octanol–water partition coefficient (Wildman–Crippen LogP) is 3.27. The van der Waals surface area contributed by atoms with Gasteiger partial charge in [-0.15, -0.1) is 0 Å². The molecule has 0 unspecified atom stereocenters. The molecular weight excluding hydrogens is 396 g/mol. The molecule has 0 radical (unpaired) electrons. The van der Waals surface area contributed by atoms with Gasteiger partial charge >= 0.3 is 0 Å². The van der Waals surface area contributed by atoms with Crippen LogP contribution in [0, 0.1) is 6.92 Å².